The molecule has 0 fully saturated rings. The molecule has 0 atom stereocenters. The van der Waals surface area contributed by atoms with Crippen LogP contribution >= 0.6 is 0 Å². The molecule has 0 aromatic heterocycles. The summed E-state index contributed by atoms with van der Waals surface area (Å²) in [7, 11) is 1.57. The lowest BCUT2D eigenvalue weighted by Crippen LogP contribution is -2.09. The second-order valence-electron chi connectivity index (χ2n) is 3.05. The molecule has 0 radical (unpaired) electrons. The fourth-order valence-corrected chi connectivity index (χ4v) is 1.23. The van der Waals surface area contributed by atoms with Gasteiger partial charge in [0, 0.05) is 11.8 Å². The van der Waals surface area contributed by atoms with Crippen molar-refractivity contribution < 1.29 is 14.3 Å². The lowest BCUT2D eigenvalue weighted by atomic mass is 10.1. The molecule has 1 aromatic carbocycles. The maximum Gasteiger partial charge on any atom is 0.310 e. The van der Waals surface area contributed by atoms with Crippen LogP contribution in [-0.4, -0.2) is 19.7 Å². The van der Waals surface area contributed by atoms with Gasteiger partial charge in [0.25, 0.3) is 0 Å². The number of carbonyl (C=O) groups excluding carboxylic acids is 1. The van der Waals surface area contributed by atoms with Crippen LogP contribution in [0.1, 0.15) is 12.5 Å². The van der Waals surface area contributed by atoms with E-state index in [0.29, 0.717) is 18.0 Å². The van der Waals surface area contributed by atoms with Crippen molar-refractivity contribution in [2.75, 3.05) is 19.5 Å². The van der Waals surface area contributed by atoms with Crippen LogP contribution in [0.15, 0.2) is 18.2 Å². The molecule has 0 unspecified atom stereocenters. The lowest BCUT2D eigenvalue weighted by molar-refractivity contribution is -0.142. The third-order valence-corrected chi connectivity index (χ3v) is 1.99. The summed E-state index contributed by atoms with van der Waals surface area (Å²) in [6.07, 6.45) is 0.198. The summed E-state index contributed by atoms with van der Waals surface area (Å²) in [6, 6.07) is 5.23. The first-order chi connectivity index (χ1) is 7.17. The minimum absolute atomic E-state index is 0.198. The predicted molar refractivity (Wildman–Crippen MR) is 57.7 cm³/mol. The fourth-order valence-electron chi connectivity index (χ4n) is 1.23. The van der Waals surface area contributed by atoms with E-state index in [2.05, 4.69) is 0 Å². The molecular weight excluding hydrogens is 194 g/mol. The van der Waals surface area contributed by atoms with Gasteiger partial charge in [-0.3, -0.25) is 4.79 Å². The number of ether oxygens (including phenoxy) is 2. The Morgan fingerprint density at radius 3 is 2.73 bits per heavy atom. The summed E-state index contributed by atoms with van der Waals surface area (Å²) >= 11 is 0. The van der Waals surface area contributed by atoms with Gasteiger partial charge in [-0.2, -0.15) is 0 Å². The third kappa shape index (κ3) is 3.16. The molecule has 0 aliphatic carbocycles. The summed E-state index contributed by atoms with van der Waals surface area (Å²) in [6.45, 7) is 2.16. The van der Waals surface area contributed by atoms with E-state index in [4.69, 9.17) is 15.2 Å². The normalized spacial score (nSPS) is 9.73. The van der Waals surface area contributed by atoms with E-state index in [-0.39, 0.29) is 12.4 Å². The van der Waals surface area contributed by atoms with E-state index < -0.39 is 0 Å². The van der Waals surface area contributed by atoms with Gasteiger partial charge in [-0.05, 0) is 18.6 Å². The Morgan fingerprint density at radius 1 is 1.47 bits per heavy atom. The molecule has 0 saturated heterocycles. The van der Waals surface area contributed by atoms with Crippen LogP contribution in [0.25, 0.3) is 0 Å². The van der Waals surface area contributed by atoms with E-state index in [9.17, 15) is 4.79 Å². The highest BCUT2D eigenvalue weighted by atomic mass is 16.5. The number of rotatable bonds is 4. The van der Waals surface area contributed by atoms with Gasteiger partial charge in [0.05, 0.1) is 20.1 Å². The number of methoxy groups -OCH3 is 1. The summed E-state index contributed by atoms with van der Waals surface area (Å²) in [5, 5.41) is 0. The van der Waals surface area contributed by atoms with Gasteiger partial charge in [-0.15, -0.1) is 0 Å². The Hall–Kier alpha value is -1.71. The van der Waals surface area contributed by atoms with Crippen LogP contribution in [0.4, 0.5) is 5.69 Å². The second-order valence-corrected chi connectivity index (χ2v) is 3.05. The standard InChI is InChI=1S/C11H15NO3/c1-3-15-11(13)6-8-4-5-9(14-2)7-10(8)12/h4-5,7H,3,6,12H2,1-2H3. The highest BCUT2D eigenvalue weighted by molar-refractivity contribution is 5.75. The molecule has 0 aliphatic heterocycles. The van der Waals surface area contributed by atoms with Crippen molar-refractivity contribution in [1.82, 2.24) is 0 Å². The summed E-state index contributed by atoms with van der Waals surface area (Å²) in [4.78, 5) is 11.2. The van der Waals surface area contributed by atoms with E-state index in [1.807, 2.05) is 0 Å². The van der Waals surface area contributed by atoms with Gasteiger partial charge >= 0.3 is 5.97 Å². The Kier molecular flexibility index (Phi) is 3.97. The molecule has 15 heavy (non-hydrogen) atoms. The molecule has 0 bridgehead atoms. The number of nitrogens with two attached hydrogens (primary N) is 1. The number of carbonyl (C=O) groups is 1. The predicted octanol–water partition coefficient (Wildman–Crippen LogP) is 1.38. The van der Waals surface area contributed by atoms with Gasteiger partial charge in [0.2, 0.25) is 0 Å². The molecule has 0 aliphatic rings. The molecule has 4 heteroatoms. The molecule has 1 aromatic rings. The molecule has 2 N–H and O–H groups in total. The molecule has 82 valence electrons. The van der Waals surface area contributed by atoms with Crippen LogP contribution in [0.5, 0.6) is 5.75 Å². The number of nitrogen functional groups attached to an aromatic ring is 1. The minimum Gasteiger partial charge on any atom is -0.497 e. The van der Waals surface area contributed by atoms with Crippen molar-refractivity contribution in [3.63, 3.8) is 0 Å². The van der Waals surface area contributed by atoms with Crippen molar-refractivity contribution in [2.45, 2.75) is 13.3 Å². The van der Waals surface area contributed by atoms with Gasteiger partial charge in [-0.1, -0.05) is 6.07 Å². The van der Waals surface area contributed by atoms with Crippen molar-refractivity contribution in [2.24, 2.45) is 0 Å². The number of anilines is 1. The maximum atomic E-state index is 11.2. The number of hydrogen-bond acceptors (Lipinski definition) is 4. The average Bonchev–Trinajstić information content (AvgIpc) is 2.21. The summed E-state index contributed by atoms with van der Waals surface area (Å²) in [5.74, 6) is 0.412. The number of esters is 1. The second kappa shape index (κ2) is 5.24. The SMILES string of the molecule is CCOC(=O)Cc1ccc(OC)cc1N. The van der Waals surface area contributed by atoms with Gasteiger partial charge in [-0.25, -0.2) is 0 Å². The average molecular weight is 209 g/mol. The van der Waals surface area contributed by atoms with E-state index in [1.165, 1.54) is 0 Å². The Morgan fingerprint density at radius 2 is 2.20 bits per heavy atom. The van der Waals surface area contributed by atoms with Crippen molar-refractivity contribution in [3.8, 4) is 5.75 Å². The smallest absolute Gasteiger partial charge is 0.310 e. The Bertz CT molecular complexity index is 350. The first kappa shape index (κ1) is 11.4. The monoisotopic (exact) mass is 209 g/mol. The summed E-state index contributed by atoms with van der Waals surface area (Å²) < 4.78 is 9.84. The summed E-state index contributed by atoms with van der Waals surface area (Å²) in [5.41, 5.74) is 7.06. The molecule has 0 spiro atoms. The van der Waals surface area contributed by atoms with Gasteiger partial charge < -0.3 is 15.2 Å². The van der Waals surface area contributed by atoms with Crippen LogP contribution < -0.4 is 10.5 Å². The highest BCUT2D eigenvalue weighted by Crippen LogP contribution is 2.20. The lowest BCUT2D eigenvalue weighted by Gasteiger charge is -2.07. The van der Waals surface area contributed by atoms with Gasteiger partial charge in [0.1, 0.15) is 5.75 Å². The first-order valence-electron chi connectivity index (χ1n) is 4.75. The van der Waals surface area contributed by atoms with E-state index >= 15 is 0 Å². The van der Waals surface area contributed by atoms with Crippen molar-refractivity contribution >= 4 is 11.7 Å². The molecule has 4 nitrogen and oxygen atoms in total. The minimum atomic E-state index is -0.269. The van der Waals surface area contributed by atoms with Gasteiger partial charge in [0.15, 0.2) is 0 Å². The maximum absolute atomic E-state index is 11.2. The van der Waals surface area contributed by atoms with Crippen molar-refractivity contribution in [1.29, 1.82) is 0 Å². The molecule has 1 rings (SSSR count). The largest absolute Gasteiger partial charge is 0.497 e. The quantitative estimate of drug-likeness (QED) is 0.601. The number of benzene rings is 1. The molecular formula is C11H15NO3. The highest BCUT2D eigenvalue weighted by Gasteiger charge is 2.07. The van der Waals surface area contributed by atoms with Crippen LogP contribution in [0.3, 0.4) is 0 Å². The van der Waals surface area contributed by atoms with Crippen molar-refractivity contribution in [3.05, 3.63) is 23.8 Å². The molecule has 0 amide bonds. The van der Waals surface area contributed by atoms with E-state index in [0.717, 1.165) is 5.56 Å². The zero-order valence-electron chi connectivity index (χ0n) is 8.95. The van der Waals surface area contributed by atoms with E-state index in [1.54, 1.807) is 32.2 Å². The zero-order chi connectivity index (χ0) is 11.3. The molecule has 0 heterocycles. The van der Waals surface area contributed by atoms with Crippen LogP contribution in [0.2, 0.25) is 0 Å². The third-order valence-electron chi connectivity index (χ3n) is 1.99. The molecule has 0 saturated carbocycles. The van der Waals surface area contributed by atoms with Crippen LogP contribution in [0, 0.1) is 0 Å². The topological polar surface area (TPSA) is 61.5 Å². The fraction of sp³-hybridized carbons (Fsp3) is 0.364. The van der Waals surface area contributed by atoms with Crippen LogP contribution in [-0.2, 0) is 16.0 Å². The Labute approximate surface area is 89.0 Å². The Balaban J connectivity index is 2.73. The number of hydrogen-bond donors (Lipinski definition) is 1. The zero-order valence-corrected chi connectivity index (χ0v) is 8.95. The first-order valence-corrected chi connectivity index (χ1v) is 4.75.